The molecule has 4 nitrogen and oxygen atoms in total. The summed E-state index contributed by atoms with van der Waals surface area (Å²) in [5, 5.41) is 3.52. The van der Waals surface area contributed by atoms with E-state index in [-0.39, 0.29) is 18.1 Å². The Labute approximate surface area is 142 Å². The molecule has 0 bridgehead atoms. The number of ether oxygens (including phenoxy) is 2. The summed E-state index contributed by atoms with van der Waals surface area (Å²) >= 11 is 0. The van der Waals surface area contributed by atoms with Gasteiger partial charge in [0.05, 0.1) is 6.61 Å². The van der Waals surface area contributed by atoms with E-state index in [1.54, 1.807) is 6.92 Å². The second kappa shape index (κ2) is 7.97. The van der Waals surface area contributed by atoms with E-state index in [2.05, 4.69) is 53.8 Å². The molecule has 3 rings (SSSR count). The van der Waals surface area contributed by atoms with Crippen LogP contribution in [0.4, 0.5) is 4.79 Å². The Hall–Kier alpha value is -2.33. The van der Waals surface area contributed by atoms with E-state index in [1.807, 2.05) is 12.1 Å². The van der Waals surface area contributed by atoms with Crippen LogP contribution >= 0.6 is 0 Å². The highest BCUT2D eigenvalue weighted by atomic mass is 16.7. The first kappa shape index (κ1) is 16.5. The van der Waals surface area contributed by atoms with E-state index in [0.29, 0.717) is 13.2 Å². The van der Waals surface area contributed by atoms with E-state index in [9.17, 15) is 4.79 Å². The van der Waals surface area contributed by atoms with Gasteiger partial charge in [-0.1, -0.05) is 60.7 Å². The highest BCUT2D eigenvalue weighted by molar-refractivity contribution is 5.60. The van der Waals surface area contributed by atoms with Gasteiger partial charge in [0.1, 0.15) is 6.10 Å². The van der Waals surface area contributed by atoms with Gasteiger partial charge in [-0.05, 0) is 18.1 Å². The third kappa shape index (κ3) is 3.95. The molecule has 0 radical (unpaired) electrons. The van der Waals surface area contributed by atoms with Crippen LogP contribution in [0.2, 0.25) is 0 Å². The maximum Gasteiger partial charge on any atom is 0.508 e. The van der Waals surface area contributed by atoms with Crippen LogP contribution in [0.1, 0.15) is 30.4 Å². The van der Waals surface area contributed by atoms with Crippen molar-refractivity contribution in [3.05, 3.63) is 71.8 Å². The third-order valence-electron chi connectivity index (χ3n) is 4.37. The first-order valence-electron chi connectivity index (χ1n) is 8.44. The van der Waals surface area contributed by atoms with Gasteiger partial charge in [0.25, 0.3) is 0 Å². The van der Waals surface area contributed by atoms with Crippen LogP contribution in [0.15, 0.2) is 60.7 Å². The number of benzene rings is 2. The summed E-state index contributed by atoms with van der Waals surface area (Å²) < 4.78 is 10.3. The average Bonchev–Trinajstić information content (AvgIpc) is 3.05. The minimum atomic E-state index is -0.582. The summed E-state index contributed by atoms with van der Waals surface area (Å²) in [7, 11) is 0. The minimum absolute atomic E-state index is 0.149. The summed E-state index contributed by atoms with van der Waals surface area (Å²) in [6.45, 7) is 2.76. The molecule has 2 aromatic carbocycles. The number of rotatable bonds is 5. The lowest BCUT2D eigenvalue weighted by atomic mass is 9.84. The number of nitrogens with one attached hydrogen (secondary N) is 1. The largest absolute Gasteiger partial charge is 0.508 e. The van der Waals surface area contributed by atoms with Crippen LogP contribution in [0.5, 0.6) is 0 Å². The molecule has 1 heterocycles. The van der Waals surface area contributed by atoms with E-state index in [1.165, 1.54) is 11.1 Å². The zero-order valence-corrected chi connectivity index (χ0v) is 13.9. The van der Waals surface area contributed by atoms with Gasteiger partial charge < -0.3 is 14.8 Å². The predicted octanol–water partition coefficient (Wildman–Crippen LogP) is 3.72. The van der Waals surface area contributed by atoms with Gasteiger partial charge in [-0.2, -0.15) is 0 Å². The van der Waals surface area contributed by atoms with Crippen molar-refractivity contribution < 1.29 is 14.3 Å². The highest BCUT2D eigenvalue weighted by Crippen LogP contribution is 2.32. The zero-order valence-electron chi connectivity index (χ0n) is 13.9. The lowest BCUT2D eigenvalue weighted by molar-refractivity contribution is 0.0318. The summed E-state index contributed by atoms with van der Waals surface area (Å²) in [5.74, 6) is 0.225. The van der Waals surface area contributed by atoms with Crippen molar-refractivity contribution in [3.63, 3.8) is 0 Å². The van der Waals surface area contributed by atoms with Crippen molar-refractivity contribution in [1.29, 1.82) is 0 Å². The van der Waals surface area contributed by atoms with Gasteiger partial charge in [0.2, 0.25) is 0 Å². The molecule has 24 heavy (non-hydrogen) atoms. The first-order chi connectivity index (χ1) is 11.8. The fourth-order valence-electron chi connectivity index (χ4n) is 3.34. The molecule has 1 aliphatic heterocycles. The smallest absolute Gasteiger partial charge is 0.435 e. The number of carbonyl (C=O) groups is 1. The molecule has 1 aliphatic rings. The van der Waals surface area contributed by atoms with E-state index in [0.717, 1.165) is 6.42 Å². The SMILES string of the molecule is CCOC(=O)O[C@@H]1CN[C@@H](C(c2ccccc2)c2ccccc2)C1. The van der Waals surface area contributed by atoms with Crippen LogP contribution in [0.25, 0.3) is 0 Å². The monoisotopic (exact) mass is 325 g/mol. The van der Waals surface area contributed by atoms with E-state index < -0.39 is 6.16 Å². The molecule has 1 fully saturated rings. The van der Waals surface area contributed by atoms with Crippen molar-refractivity contribution in [2.45, 2.75) is 31.4 Å². The van der Waals surface area contributed by atoms with Crippen molar-refractivity contribution in [3.8, 4) is 0 Å². The van der Waals surface area contributed by atoms with Crippen LogP contribution in [0.3, 0.4) is 0 Å². The van der Waals surface area contributed by atoms with Crippen molar-refractivity contribution in [1.82, 2.24) is 5.32 Å². The molecule has 2 aromatic rings. The molecule has 1 N–H and O–H groups in total. The Balaban J connectivity index is 1.77. The molecule has 0 amide bonds. The molecule has 0 spiro atoms. The van der Waals surface area contributed by atoms with Gasteiger partial charge in [0, 0.05) is 24.9 Å². The summed E-state index contributed by atoms with van der Waals surface area (Å²) in [6.07, 6.45) is 0.0395. The molecule has 4 heteroatoms. The molecule has 0 aliphatic carbocycles. The average molecular weight is 325 g/mol. The second-order valence-electron chi connectivity index (χ2n) is 5.97. The van der Waals surface area contributed by atoms with Crippen LogP contribution in [-0.2, 0) is 9.47 Å². The lowest BCUT2D eigenvalue weighted by Gasteiger charge is -2.25. The Morgan fingerprint density at radius 2 is 1.67 bits per heavy atom. The van der Waals surface area contributed by atoms with E-state index in [4.69, 9.17) is 9.47 Å². The van der Waals surface area contributed by atoms with Gasteiger partial charge in [-0.25, -0.2) is 4.79 Å². The first-order valence-corrected chi connectivity index (χ1v) is 8.44. The number of hydrogen-bond donors (Lipinski definition) is 1. The van der Waals surface area contributed by atoms with Crippen molar-refractivity contribution in [2.75, 3.05) is 13.2 Å². The molecule has 0 unspecified atom stereocenters. The maximum absolute atomic E-state index is 11.5. The standard InChI is InChI=1S/C20H23NO3/c1-2-23-20(22)24-17-13-18(21-14-17)19(15-9-5-3-6-10-15)16-11-7-4-8-12-16/h3-12,17-19,21H,2,13-14H2,1H3/t17-,18+/m0/s1. The molecule has 2 atom stereocenters. The van der Waals surface area contributed by atoms with Crippen molar-refractivity contribution in [2.24, 2.45) is 0 Å². The van der Waals surface area contributed by atoms with Crippen LogP contribution < -0.4 is 5.32 Å². The minimum Gasteiger partial charge on any atom is -0.435 e. The zero-order chi connectivity index (χ0) is 16.8. The number of hydrogen-bond acceptors (Lipinski definition) is 4. The molecule has 0 aromatic heterocycles. The fourth-order valence-corrected chi connectivity index (χ4v) is 3.34. The van der Waals surface area contributed by atoms with Gasteiger partial charge in [0.15, 0.2) is 0 Å². The van der Waals surface area contributed by atoms with Crippen molar-refractivity contribution >= 4 is 6.16 Å². The lowest BCUT2D eigenvalue weighted by Crippen LogP contribution is -2.29. The predicted molar refractivity (Wildman–Crippen MR) is 93.0 cm³/mol. The van der Waals surface area contributed by atoms with Gasteiger partial charge in [-0.15, -0.1) is 0 Å². The highest BCUT2D eigenvalue weighted by Gasteiger charge is 2.34. The Morgan fingerprint density at radius 3 is 2.21 bits per heavy atom. The molecular formula is C20H23NO3. The molecule has 126 valence electrons. The van der Waals surface area contributed by atoms with Crippen LogP contribution in [0, 0.1) is 0 Å². The van der Waals surface area contributed by atoms with Crippen LogP contribution in [-0.4, -0.2) is 31.5 Å². The quantitative estimate of drug-likeness (QED) is 0.851. The molecule has 0 saturated carbocycles. The summed E-state index contributed by atoms with van der Waals surface area (Å²) in [4.78, 5) is 11.5. The Morgan fingerprint density at radius 1 is 1.08 bits per heavy atom. The second-order valence-corrected chi connectivity index (χ2v) is 5.97. The third-order valence-corrected chi connectivity index (χ3v) is 4.37. The van der Waals surface area contributed by atoms with E-state index >= 15 is 0 Å². The normalized spacial score (nSPS) is 20.1. The molecular weight excluding hydrogens is 302 g/mol. The topological polar surface area (TPSA) is 47.6 Å². The van der Waals surface area contributed by atoms with Gasteiger partial charge >= 0.3 is 6.16 Å². The summed E-state index contributed by atoms with van der Waals surface area (Å²) in [5.41, 5.74) is 2.52. The number of carbonyl (C=O) groups excluding carboxylic acids is 1. The molecule has 1 saturated heterocycles. The Bertz CT molecular complexity index is 605. The summed E-state index contributed by atoms with van der Waals surface area (Å²) in [6, 6.07) is 21.1. The van der Waals surface area contributed by atoms with Gasteiger partial charge in [-0.3, -0.25) is 0 Å². The Kier molecular flexibility index (Phi) is 5.49. The fraction of sp³-hybridized carbons (Fsp3) is 0.350. The maximum atomic E-state index is 11.5.